The lowest BCUT2D eigenvalue weighted by atomic mass is 10.2. The predicted octanol–water partition coefficient (Wildman–Crippen LogP) is 4.03. The average molecular weight is 293 g/mol. The van der Waals surface area contributed by atoms with E-state index in [2.05, 4.69) is 28.1 Å². The summed E-state index contributed by atoms with van der Waals surface area (Å²) in [7, 11) is 1.70. The molecule has 3 rings (SSSR count). The van der Waals surface area contributed by atoms with Crippen LogP contribution in [0.2, 0.25) is 0 Å². The molecule has 2 aromatic rings. The number of benzene rings is 1. The maximum absolute atomic E-state index is 5.93. The van der Waals surface area contributed by atoms with Crippen molar-refractivity contribution >= 4 is 34.7 Å². The molecule has 0 fully saturated rings. The minimum Gasteiger partial charge on any atom is -0.364 e. The molecule has 0 saturated heterocycles. The smallest absolute Gasteiger partial charge is 0.123 e. The minimum absolute atomic E-state index is 0.510. The molecule has 0 N–H and O–H groups in total. The number of hydrogen-bond donors (Lipinski definition) is 0. The van der Waals surface area contributed by atoms with Crippen LogP contribution in [0.5, 0.6) is 0 Å². The molecular formula is C14H13ClN2OS. The third kappa shape index (κ3) is 2.31. The van der Waals surface area contributed by atoms with Crippen LogP contribution in [0.15, 0.2) is 46.5 Å². The van der Waals surface area contributed by atoms with Gasteiger partial charge in [0, 0.05) is 30.3 Å². The van der Waals surface area contributed by atoms with Gasteiger partial charge in [-0.3, -0.25) is 4.98 Å². The second-order valence-corrected chi connectivity index (χ2v) is 5.58. The van der Waals surface area contributed by atoms with Crippen LogP contribution in [0.25, 0.3) is 0 Å². The number of rotatable bonds is 3. The Hall–Kier alpha value is -1.23. The van der Waals surface area contributed by atoms with E-state index in [-0.39, 0.29) is 0 Å². The Labute approximate surface area is 121 Å². The van der Waals surface area contributed by atoms with Crippen LogP contribution in [0.3, 0.4) is 0 Å². The highest BCUT2D eigenvalue weighted by molar-refractivity contribution is 7.99. The van der Waals surface area contributed by atoms with E-state index in [4.69, 9.17) is 16.3 Å². The predicted molar refractivity (Wildman–Crippen MR) is 78.4 cm³/mol. The van der Waals surface area contributed by atoms with Crippen molar-refractivity contribution in [2.45, 2.75) is 15.7 Å². The van der Waals surface area contributed by atoms with Gasteiger partial charge in [-0.15, -0.1) is 11.6 Å². The zero-order valence-corrected chi connectivity index (χ0v) is 12.0. The summed E-state index contributed by atoms with van der Waals surface area (Å²) in [4.78, 5) is 8.69. The number of fused-ring (bicyclic) bond motifs is 2. The van der Waals surface area contributed by atoms with E-state index in [9.17, 15) is 0 Å². The lowest BCUT2D eigenvalue weighted by Gasteiger charge is -2.32. The van der Waals surface area contributed by atoms with Crippen LogP contribution >= 0.6 is 23.4 Å². The van der Waals surface area contributed by atoms with Crippen molar-refractivity contribution in [3.63, 3.8) is 0 Å². The molecule has 0 saturated carbocycles. The van der Waals surface area contributed by atoms with E-state index in [1.165, 1.54) is 4.90 Å². The molecule has 1 aromatic carbocycles. The molecule has 19 heavy (non-hydrogen) atoms. The highest BCUT2D eigenvalue weighted by atomic mass is 35.5. The van der Waals surface area contributed by atoms with E-state index in [1.807, 2.05) is 12.3 Å². The maximum Gasteiger partial charge on any atom is 0.123 e. The van der Waals surface area contributed by atoms with Crippen LogP contribution in [-0.2, 0) is 10.6 Å². The van der Waals surface area contributed by atoms with E-state index in [1.54, 1.807) is 25.1 Å². The van der Waals surface area contributed by atoms with Gasteiger partial charge in [0.2, 0.25) is 0 Å². The zero-order chi connectivity index (χ0) is 13.2. The quantitative estimate of drug-likeness (QED) is 0.798. The summed E-state index contributed by atoms with van der Waals surface area (Å²) in [6.45, 7) is 0.510. The molecule has 0 unspecified atom stereocenters. The van der Waals surface area contributed by atoms with Crippen LogP contribution < -0.4 is 4.90 Å². The Morgan fingerprint density at radius 3 is 2.95 bits per heavy atom. The fourth-order valence-electron chi connectivity index (χ4n) is 2.13. The third-order valence-corrected chi connectivity index (χ3v) is 4.41. The Morgan fingerprint density at radius 2 is 2.16 bits per heavy atom. The first-order valence-electron chi connectivity index (χ1n) is 5.90. The topological polar surface area (TPSA) is 25.4 Å². The third-order valence-electron chi connectivity index (χ3n) is 3.00. The largest absolute Gasteiger partial charge is 0.364 e. The van der Waals surface area contributed by atoms with Crippen LogP contribution in [0.4, 0.5) is 11.4 Å². The Bertz CT molecular complexity index is 606. The molecule has 0 atom stereocenters. The first kappa shape index (κ1) is 12.8. The lowest BCUT2D eigenvalue weighted by Crippen LogP contribution is -2.23. The van der Waals surface area contributed by atoms with E-state index in [0.717, 1.165) is 21.8 Å². The van der Waals surface area contributed by atoms with Gasteiger partial charge in [0.25, 0.3) is 0 Å². The van der Waals surface area contributed by atoms with Gasteiger partial charge >= 0.3 is 0 Å². The number of halogens is 1. The fourth-order valence-corrected chi connectivity index (χ4v) is 3.34. The normalized spacial score (nSPS) is 13.1. The van der Waals surface area contributed by atoms with Gasteiger partial charge in [-0.05, 0) is 23.8 Å². The van der Waals surface area contributed by atoms with E-state index >= 15 is 0 Å². The number of ether oxygens (including phenoxy) is 1. The fraction of sp³-hybridized carbons (Fsp3) is 0.214. The Balaban J connectivity index is 2.12. The number of nitrogens with zero attached hydrogens (tertiary/aromatic N) is 2. The summed E-state index contributed by atoms with van der Waals surface area (Å²) in [6, 6.07) is 8.30. The first-order chi connectivity index (χ1) is 9.33. The summed E-state index contributed by atoms with van der Waals surface area (Å²) in [5.41, 5.74) is 3.38. The molecule has 0 bridgehead atoms. The zero-order valence-electron chi connectivity index (χ0n) is 10.5. The molecule has 1 aliphatic rings. The van der Waals surface area contributed by atoms with Crippen molar-refractivity contribution in [1.82, 2.24) is 4.98 Å². The van der Waals surface area contributed by atoms with Gasteiger partial charge in [0.05, 0.1) is 16.3 Å². The summed E-state index contributed by atoms with van der Waals surface area (Å²) in [6.07, 6.45) is 3.69. The van der Waals surface area contributed by atoms with Crippen molar-refractivity contribution in [2.24, 2.45) is 0 Å². The molecule has 98 valence electrons. The standard InChI is InChI=1S/C14H13ClN2OS/c1-18-9-17-11-4-5-16-8-14(11)19-13-3-2-10(7-15)6-12(13)17/h2-6,8H,7,9H2,1H3. The molecule has 2 heterocycles. The first-order valence-corrected chi connectivity index (χ1v) is 7.26. The van der Waals surface area contributed by atoms with E-state index < -0.39 is 0 Å². The molecule has 1 aromatic heterocycles. The Kier molecular flexibility index (Phi) is 3.64. The monoisotopic (exact) mass is 292 g/mol. The molecule has 1 aliphatic heterocycles. The lowest BCUT2D eigenvalue weighted by molar-refractivity contribution is 0.205. The van der Waals surface area contributed by atoms with Gasteiger partial charge < -0.3 is 9.64 Å². The molecular weight excluding hydrogens is 280 g/mol. The molecule has 5 heteroatoms. The van der Waals surface area contributed by atoms with Gasteiger partial charge in [-0.25, -0.2) is 0 Å². The van der Waals surface area contributed by atoms with E-state index in [0.29, 0.717) is 12.6 Å². The van der Waals surface area contributed by atoms with Gasteiger partial charge in [-0.2, -0.15) is 0 Å². The summed E-state index contributed by atoms with van der Waals surface area (Å²) >= 11 is 7.66. The summed E-state index contributed by atoms with van der Waals surface area (Å²) in [5.74, 6) is 0.516. The summed E-state index contributed by atoms with van der Waals surface area (Å²) < 4.78 is 5.33. The Morgan fingerprint density at radius 1 is 1.26 bits per heavy atom. The van der Waals surface area contributed by atoms with Gasteiger partial charge in [0.1, 0.15) is 6.73 Å². The number of anilines is 2. The van der Waals surface area contributed by atoms with Crippen molar-refractivity contribution < 1.29 is 4.74 Å². The molecule has 0 radical (unpaired) electrons. The maximum atomic E-state index is 5.93. The van der Waals surface area contributed by atoms with Crippen molar-refractivity contribution in [2.75, 3.05) is 18.7 Å². The molecule has 3 nitrogen and oxygen atoms in total. The van der Waals surface area contributed by atoms with Gasteiger partial charge in [-0.1, -0.05) is 17.8 Å². The summed E-state index contributed by atoms with van der Waals surface area (Å²) in [5, 5.41) is 0. The number of alkyl halides is 1. The molecule has 0 amide bonds. The highest BCUT2D eigenvalue weighted by Gasteiger charge is 2.23. The highest BCUT2D eigenvalue weighted by Crippen LogP contribution is 2.47. The SMILES string of the molecule is COCN1c2ccncc2Sc2ccc(CCl)cc21. The van der Waals surface area contributed by atoms with Crippen molar-refractivity contribution in [1.29, 1.82) is 0 Å². The van der Waals surface area contributed by atoms with Crippen molar-refractivity contribution in [3.05, 3.63) is 42.2 Å². The average Bonchev–Trinajstić information content (AvgIpc) is 2.47. The number of methoxy groups -OCH3 is 1. The number of hydrogen-bond acceptors (Lipinski definition) is 4. The van der Waals surface area contributed by atoms with Crippen molar-refractivity contribution in [3.8, 4) is 0 Å². The number of pyridine rings is 1. The molecule has 0 aliphatic carbocycles. The minimum atomic E-state index is 0.510. The van der Waals surface area contributed by atoms with Crippen LogP contribution in [-0.4, -0.2) is 18.8 Å². The molecule has 0 spiro atoms. The number of aromatic nitrogens is 1. The van der Waals surface area contributed by atoms with Gasteiger partial charge in [0.15, 0.2) is 0 Å². The second kappa shape index (κ2) is 5.41. The second-order valence-electron chi connectivity index (χ2n) is 4.23. The van der Waals surface area contributed by atoms with Crippen LogP contribution in [0, 0.1) is 0 Å². The van der Waals surface area contributed by atoms with Crippen LogP contribution in [0.1, 0.15) is 5.56 Å².